The molecule has 168 valence electrons. The third kappa shape index (κ3) is 5.97. The Kier molecular flexibility index (Phi) is 6.59. The monoisotopic (exact) mass is 448 g/mol. The first-order valence-corrected chi connectivity index (χ1v) is 12.1. The van der Waals surface area contributed by atoms with E-state index in [-0.39, 0.29) is 24.9 Å². The largest absolute Gasteiger partial charge is 0.487 e. The van der Waals surface area contributed by atoms with Crippen molar-refractivity contribution >= 4 is 21.6 Å². The second-order valence-corrected chi connectivity index (χ2v) is 10.5. The van der Waals surface area contributed by atoms with Crippen LogP contribution in [0.15, 0.2) is 42.5 Å². The molecule has 1 atom stereocenters. The fourth-order valence-electron chi connectivity index (χ4n) is 3.83. The first-order chi connectivity index (χ1) is 14.4. The van der Waals surface area contributed by atoms with Gasteiger partial charge in [0, 0.05) is 24.9 Å². The van der Waals surface area contributed by atoms with E-state index in [4.69, 9.17) is 4.74 Å². The normalized spacial score (nSPS) is 17.4. The molecule has 1 aliphatic heterocycles. The molecule has 2 aromatic rings. The molecule has 1 amide bonds. The van der Waals surface area contributed by atoms with Gasteiger partial charge in [0.05, 0.1) is 18.0 Å². The quantitative estimate of drug-likeness (QED) is 0.692. The van der Waals surface area contributed by atoms with Crippen LogP contribution in [-0.4, -0.2) is 32.7 Å². The van der Waals surface area contributed by atoms with Crippen molar-refractivity contribution in [3.05, 3.63) is 59.4 Å². The first-order valence-electron chi connectivity index (χ1n) is 10.3. The van der Waals surface area contributed by atoms with Gasteiger partial charge in [0.2, 0.25) is 15.9 Å². The molecule has 2 aromatic carbocycles. The van der Waals surface area contributed by atoms with E-state index in [9.17, 15) is 17.6 Å². The number of amides is 1. The highest BCUT2D eigenvalue weighted by molar-refractivity contribution is 7.92. The molecular weight excluding hydrogens is 419 g/mol. The molecule has 0 spiro atoms. The van der Waals surface area contributed by atoms with E-state index in [2.05, 4.69) is 5.32 Å². The molecule has 31 heavy (non-hydrogen) atoms. The average Bonchev–Trinajstić information content (AvgIpc) is 2.64. The zero-order chi connectivity index (χ0) is 22.8. The minimum Gasteiger partial charge on any atom is -0.487 e. The summed E-state index contributed by atoms with van der Waals surface area (Å²) >= 11 is 0. The van der Waals surface area contributed by atoms with Crippen LogP contribution in [0.2, 0.25) is 0 Å². The van der Waals surface area contributed by atoms with Crippen molar-refractivity contribution < 1.29 is 22.3 Å². The molecule has 6 nitrogen and oxygen atoms in total. The van der Waals surface area contributed by atoms with Crippen molar-refractivity contribution in [2.45, 2.75) is 51.7 Å². The second-order valence-electron chi connectivity index (χ2n) is 8.64. The summed E-state index contributed by atoms with van der Waals surface area (Å²) in [6, 6.07) is 11.0. The number of halogens is 1. The molecule has 0 radical (unpaired) electrons. The highest BCUT2D eigenvalue weighted by Crippen LogP contribution is 2.39. The van der Waals surface area contributed by atoms with E-state index in [1.165, 1.54) is 28.6 Å². The smallest absolute Gasteiger partial charge is 0.232 e. The maximum Gasteiger partial charge on any atom is 0.232 e. The summed E-state index contributed by atoms with van der Waals surface area (Å²) in [5.41, 5.74) is 2.00. The first kappa shape index (κ1) is 23.1. The van der Waals surface area contributed by atoms with Crippen molar-refractivity contribution in [2.75, 3.05) is 17.1 Å². The Bertz CT molecular complexity index is 1050. The Labute approximate surface area is 183 Å². The lowest BCUT2D eigenvalue weighted by molar-refractivity contribution is -0.122. The van der Waals surface area contributed by atoms with Crippen LogP contribution >= 0.6 is 0 Å². The predicted molar refractivity (Wildman–Crippen MR) is 119 cm³/mol. The SMILES string of the molecule is Cc1ccc2c(c1)OC(C)(C)CC2NC(=O)CCCN(c1ccc(F)cc1)S(C)(=O)=O. The Hall–Kier alpha value is -2.61. The van der Waals surface area contributed by atoms with Crippen LogP contribution in [0.25, 0.3) is 0 Å². The number of hydrogen-bond acceptors (Lipinski definition) is 4. The Morgan fingerprint density at radius 1 is 1.23 bits per heavy atom. The van der Waals surface area contributed by atoms with Crippen LogP contribution in [0.3, 0.4) is 0 Å². The fourth-order valence-corrected chi connectivity index (χ4v) is 4.80. The van der Waals surface area contributed by atoms with Gasteiger partial charge in [0.25, 0.3) is 0 Å². The summed E-state index contributed by atoms with van der Waals surface area (Å²) in [6.45, 7) is 6.11. The van der Waals surface area contributed by atoms with Gasteiger partial charge in [-0.3, -0.25) is 9.10 Å². The summed E-state index contributed by atoms with van der Waals surface area (Å²) in [5, 5.41) is 3.07. The number of aryl methyl sites for hydroxylation is 1. The summed E-state index contributed by atoms with van der Waals surface area (Å²) in [6.07, 6.45) is 2.25. The lowest BCUT2D eigenvalue weighted by atomic mass is 9.89. The lowest BCUT2D eigenvalue weighted by Gasteiger charge is -2.38. The molecule has 8 heteroatoms. The number of sulfonamides is 1. The summed E-state index contributed by atoms with van der Waals surface area (Å²) < 4.78 is 44.8. The van der Waals surface area contributed by atoms with E-state index in [1.54, 1.807) is 0 Å². The Balaban J connectivity index is 1.64. The number of nitrogens with zero attached hydrogens (tertiary/aromatic N) is 1. The summed E-state index contributed by atoms with van der Waals surface area (Å²) in [4.78, 5) is 12.6. The molecule has 0 saturated heterocycles. The number of benzene rings is 2. The van der Waals surface area contributed by atoms with Crippen molar-refractivity contribution in [3.63, 3.8) is 0 Å². The van der Waals surface area contributed by atoms with Gasteiger partial charge in [-0.15, -0.1) is 0 Å². The zero-order valence-corrected chi connectivity index (χ0v) is 19.1. The van der Waals surface area contributed by atoms with E-state index in [1.807, 2.05) is 39.0 Å². The summed E-state index contributed by atoms with van der Waals surface area (Å²) in [7, 11) is -3.55. The number of rotatable bonds is 7. The van der Waals surface area contributed by atoms with Crippen LogP contribution < -0.4 is 14.4 Å². The predicted octanol–water partition coefficient (Wildman–Crippen LogP) is 4.10. The maximum atomic E-state index is 13.2. The van der Waals surface area contributed by atoms with Crippen LogP contribution in [0.1, 0.15) is 50.3 Å². The second kappa shape index (κ2) is 8.86. The van der Waals surface area contributed by atoms with Gasteiger partial charge < -0.3 is 10.1 Å². The van der Waals surface area contributed by atoms with Crippen LogP contribution in [0.5, 0.6) is 5.75 Å². The number of anilines is 1. The molecule has 0 saturated carbocycles. The minimum absolute atomic E-state index is 0.132. The molecule has 1 aliphatic rings. The van der Waals surface area contributed by atoms with Gasteiger partial charge in [-0.2, -0.15) is 0 Å². The molecule has 3 rings (SSSR count). The molecule has 1 N–H and O–H groups in total. The van der Waals surface area contributed by atoms with Gasteiger partial charge in [-0.05, 0) is 63.1 Å². The third-order valence-corrected chi connectivity index (χ3v) is 6.44. The number of carbonyl (C=O) groups excluding carboxylic acids is 1. The maximum absolute atomic E-state index is 13.2. The van der Waals surface area contributed by atoms with Crippen LogP contribution in [0.4, 0.5) is 10.1 Å². The van der Waals surface area contributed by atoms with Crippen molar-refractivity contribution in [1.29, 1.82) is 0 Å². The average molecular weight is 449 g/mol. The third-order valence-electron chi connectivity index (χ3n) is 5.24. The van der Waals surface area contributed by atoms with Gasteiger partial charge in [-0.1, -0.05) is 12.1 Å². The fraction of sp³-hybridized carbons (Fsp3) is 0.435. The minimum atomic E-state index is -3.55. The molecular formula is C23H29FN2O4S. The lowest BCUT2D eigenvalue weighted by Crippen LogP contribution is -2.41. The highest BCUT2D eigenvalue weighted by atomic mass is 32.2. The standard InChI is InChI=1S/C23H29FN2O4S/c1-16-7-12-19-20(15-23(2,3)30-21(19)14-16)25-22(27)6-5-13-26(31(4,28)29)18-10-8-17(24)9-11-18/h7-12,14,20H,5-6,13,15H2,1-4H3,(H,25,27). The molecule has 0 bridgehead atoms. The number of fused-ring (bicyclic) bond motifs is 1. The number of nitrogens with one attached hydrogen (secondary N) is 1. The number of hydrogen-bond donors (Lipinski definition) is 1. The van der Waals surface area contributed by atoms with E-state index < -0.39 is 21.4 Å². The molecule has 0 aromatic heterocycles. The van der Waals surface area contributed by atoms with E-state index in [0.717, 1.165) is 23.1 Å². The molecule has 0 aliphatic carbocycles. The molecule has 0 fully saturated rings. The molecule has 1 heterocycles. The van der Waals surface area contributed by atoms with Crippen LogP contribution in [0, 0.1) is 12.7 Å². The zero-order valence-electron chi connectivity index (χ0n) is 18.3. The van der Waals surface area contributed by atoms with Gasteiger partial charge in [0.15, 0.2) is 0 Å². The summed E-state index contributed by atoms with van der Waals surface area (Å²) in [5.74, 6) is 0.189. The van der Waals surface area contributed by atoms with Crippen molar-refractivity contribution in [2.24, 2.45) is 0 Å². The van der Waals surface area contributed by atoms with Crippen LogP contribution in [-0.2, 0) is 14.8 Å². The molecule has 1 unspecified atom stereocenters. The van der Waals surface area contributed by atoms with Gasteiger partial charge in [0.1, 0.15) is 17.2 Å². The number of ether oxygens (including phenoxy) is 1. The number of carbonyl (C=O) groups is 1. The van der Waals surface area contributed by atoms with Crippen molar-refractivity contribution in [1.82, 2.24) is 5.32 Å². The van der Waals surface area contributed by atoms with E-state index >= 15 is 0 Å². The van der Waals surface area contributed by atoms with Gasteiger partial charge in [-0.25, -0.2) is 12.8 Å². The topological polar surface area (TPSA) is 75.7 Å². The van der Waals surface area contributed by atoms with Gasteiger partial charge >= 0.3 is 0 Å². The van der Waals surface area contributed by atoms with E-state index in [0.29, 0.717) is 18.5 Å². The highest BCUT2D eigenvalue weighted by Gasteiger charge is 2.34. The van der Waals surface area contributed by atoms with Crippen molar-refractivity contribution in [3.8, 4) is 5.75 Å². The Morgan fingerprint density at radius 2 is 1.90 bits per heavy atom. The Morgan fingerprint density at radius 3 is 2.55 bits per heavy atom.